The summed E-state index contributed by atoms with van der Waals surface area (Å²) in [6, 6.07) is 5.08. The molecule has 1 atom stereocenters. The van der Waals surface area contributed by atoms with E-state index in [0.717, 1.165) is 12.1 Å². The minimum atomic E-state index is -4.29. The minimum absolute atomic E-state index is 0.202. The van der Waals surface area contributed by atoms with Crippen molar-refractivity contribution in [3.05, 3.63) is 47.7 Å². The lowest BCUT2D eigenvalue weighted by molar-refractivity contribution is -0.137. The molecule has 0 radical (unpaired) electrons. The van der Waals surface area contributed by atoms with Crippen LogP contribution in [0, 0.1) is 0 Å². The predicted octanol–water partition coefficient (Wildman–Crippen LogP) is 2.37. The van der Waals surface area contributed by atoms with Gasteiger partial charge in [0.15, 0.2) is 0 Å². The zero-order valence-electron chi connectivity index (χ0n) is 7.68. The quantitative estimate of drug-likeness (QED) is 0.749. The Morgan fingerprint density at radius 1 is 1.20 bits per heavy atom. The Labute approximate surface area is 84.8 Å². The van der Waals surface area contributed by atoms with E-state index in [0.29, 0.717) is 5.56 Å². The number of rotatable bonds is 1. The van der Waals surface area contributed by atoms with Crippen LogP contribution in [-0.4, -0.2) is 0 Å². The highest BCUT2D eigenvalue weighted by Crippen LogP contribution is 2.31. The lowest BCUT2D eigenvalue weighted by atomic mass is 10.0. The standard InChI is InChI=1S/C10H9F3N2/c11-10(12,13)8-3-1-2-7(6-8)9-4-5-14-15-9/h1-6,9,14-15H. The van der Waals surface area contributed by atoms with E-state index in [1.165, 1.54) is 6.07 Å². The van der Waals surface area contributed by atoms with Gasteiger partial charge in [0.25, 0.3) is 0 Å². The molecule has 0 aromatic heterocycles. The Balaban J connectivity index is 2.30. The third kappa shape index (κ3) is 2.12. The van der Waals surface area contributed by atoms with Crippen molar-refractivity contribution in [1.29, 1.82) is 0 Å². The van der Waals surface area contributed by atoms with E-state index in [1.807, 2.05) is 0 Å². The minimum Gasteiger partial charge on any atom is -0.328 e. The Kier molecular flexibility index (Phi) is 2.40. The molecule has 2 rings (SSSR count). The summed E-state index contributed by atoms with van der Waals surface area (Å²) >= 11 is 0. The van der Waals surface area contributed by atoms with Crippen LogP contribution in [0.25, 0.3) is 0 Å². The highest BCUT2D eigenvalue weighted by molar-refractivity contribution is 5.30. The molecular formula is C10H9F3N2. The van der Waals surface area contributed by atoms with Gasteiger partial charge < -0.3 is 5.43 Å². The highest BCUT2D eigenvalue weighted by atomic mass is 19.4. The third-order valence-corrected chi connectivity index (χ3v) is 2.18. The number of hydrogen-bond acceptors (Lipinski definition) is 2. The Morgan fingerprint density at radius 3 is 2.60 bits per heavy atom. The molecule has 1 unspecified atom stereocenters. The summed E-state index contributed by atoms with van der Waals surface area (Å²) in [5.41, 5.74) is 5.51. The summed E-state index contributed by atoms with van der Waals surface area (Å²) < 4.78 is 37.2. The number of halogens is 3. The van der Waals surface area contributed by atoms with Gasteiger partial charge in [-0.05, 0) is 23.8 Å². The number of benzene rings is 1. The van der Waals surface area contributed by atoms with Crippen molar-refractivity contribution < 1.29 is 13.2 Å². The first-order valence-electron chi connectivity index (χ1n) is 4.42. The van der Waals surface area contributed by atoms with Gasteiger partial charge in [0.2, 0.25) is 0 Å². The highest BCUT2D eigenvalue weighted by Gasteiger charge is 2.30. The molecule has 80 valence electrons. The molecule has 15 heavy (non-hydrogen) atoms. The van der Waals surface area contributed by atoms with E-state index < -0.39 is 11.7 Å². The molecule has 1 aliphatic rings. The summed E-state index contributed by atoms with van der Waals surface area (Å²) in [5, 5.41) is 0. The van der Waals surface area contributed by atoms with Crippen molar-refractivity contribution in [3.8, 4) is 0 Å². The zero-order chi connectivity index (χ0) is 10.9. The van der Waals surface area contributed by atoms with Gasteiger partial charge in [-0.2, -0.15) is 13.2 Å². The summed E-state index contributed by atoms with van der Waals surface area (Å²) in [5.74, 6) is 0. The molecule has 2 nitrogen and oxygen atoms in total. The lowest BCUT2D eigenvalue weighted by Gasteiger charge is -2.12. The molecule has 0 fully saturated rings. The predicted molar refractivity (Wildman–Crippen MR) is 49.6 cm³/mol. The van der Waals surface area contributed by atoms with Crippen molar-refractivity contribution in [2.45, 2.75) is 12.2 Å². The van der Waals surface area contributed by atoms with Crippen LogP contribution in [0.4, 0.5) is 13.2 Å². The van der Waals surface area contributed by atoms with E-state index in [1.54, 1.807) is 18.3 Å². The molecule has 5 heteroatoms. The Bertz CT molecular complexity index is 384. The molecule has 1 aliphatic heterocycles. The molecule has 0 amide bonds. The second kappa shape index (κ2) is 3.58. The fourth-order valence-electron chi connectivity index (χ4n) is 1.43. The van der Waals surface area contributed by atoms with E-state index in [9.17, 15) is 13.2 Å². The summed E-state index contributed by atoms with van der Waals surface area (Å²) in [7, 11) is 0. The normalized spacial score (nSPS) is 20.3. The molecular weight excluding hydrogens is 205 g/mol. The van der Waals surface area contributed by atoms with Gasteiger partial charge in [-0.1, -0.05) is 12.1 Å². The van der Waals surface area contributed by atoms with Crippen LogP contribution < -0.4 is 10.9 Å². The van der Waals surface area contributed by atoms with E-state index in [4.69, 9.17) is 0 Å². The number of hydrazine groups is 1. The Hall–Kier alpha value is -1.49. The van der Waals surface area contributed by atoms with E-state index in [2.05, 4.69) is 10.9 Å². The van der Waals surface area contributed by atoms with Crippen LogP contribution in [0.2, 0.25) is 0 Å². The third-order valence-electron chi connectivity index (χ3n) is 2.18. The van der Waals surface area contributed by atoms with E-state index >= 15 is 0 Å². The average molecular weight is 214 g/mol. The molecule has 0 saturated heterocycles. The first kappa shape index (κ1) is 10.0. The van der Waals surface area contributed by atoms with Crippen LogP contribution in [0.15, 0.2) is 36.5 Å². The van der Waals surface area contributed by atoms with Crippen molar-refractivity contribution >= 4 is 0 Å². The van der Waals surface area contributed by atoms with Crippen LogP contribution in [0.3, 0.4) is 0 Å². The maximum Gasteiger partial charge on any atom is 0.416 e. The molecule has 0 spiro atoms. The molecule has 0 saturated carbocycles. The lowest BCUT2D eigenvalue weighted by Crippen LogP contribution is -2.24. The Morgan fingerprint density at radius 2 is 2.00 bits per heavy atom. The first-order valence-corrected chi connectivity index (χ1v) is 4.42. The summed E-state index contributed by atoms with van der Waals surface area (Å²) in [4.78, 5) is 0. The summed E-state index contributed by atoms with van der Waals surface area (Å²) in [6.07, 6.45) is -0.869. The number of nitrogens with one attached hydrogen (secondary N) is 2. The topological polar surface area (TPSA) is 24.1 Å². The van der Waals surface area contributed by atoms with Crippen molar-refractivity contribution in [3.63, 3.8) is 0 Å². The van der Waals surface area contributed by atoms with Crippen LogP contribution in [0.5, 0.6) is 0 Å². The van der Waals surface area contributed by atoms with Gasteiger partial charge in [-0.25, -0.2) is 5.43 Å². The maximum atomic E-state index is 12.4. The second-order valence-corrected chi connectivity index (χ2v) is 3.25. The summed E-state index contributed by atoms with van der Waals surface area (Å²) in [6.45, 7) is 0. The van der Waals surface area contributed by atoms with Gasteiger partial charge in [0.05, 0.1) is 11.6 Å². The van der Waals surface area contributed by atoms with Gasteiger partial charge in [0.1, 0.15) is 0 Å². The molecule has 2 N–H and O–H groups in total. The van der Waals surface area contributed by atoms with Gasteiger partial charge >= 0.3 is 6.18 Å². The number of alkyl halides is 3. The fourth-order valence-corrected chi connectivity index (χ4v) is 1.43. The van der Waals surface area contributed by atoms with E-state index in [-0.39, 0.29) is 6.04 Å². The second-order valence-electron chi connectivity index (χ2n) is 3.25. The first-order chi connectivity index (χ1) is 7.07. The van der Waals surface area contributed by atoms with Gasteiger partial charge in [0, 0.05) is 6.20 Å². The van der Waals surface area contributed by atoms with Gasteiger partial charge in [-0.3, -0.25) is 0 Å². The van der Waals surface area contributed by atoms with Crippen molar-refractivity contribution in [1.82, 2.24) is 10.9 Å². The average Bonchev–Trinajstić information content (AvgIpc) is 2.69. The van der Waals surface area contributed by atoms with Gasteiger partial charge in [-0.15, -0.1) is 0 Å². The molecule has 0 bridgehead atoms. The monoisotopic (exact) mass is 214 g/mol. The molecule has 0 aliphatic carbocycles. The zero-order valence-corrected chi connectivity index (χ0v) is 7.68. The maximum absolute atomic E-state index is 12.4. The largest absolute Gasteiger partial charge is 0.416 e. The number of hydrogen-bond donors (Lipinski definition) is 2. The molecule has 1 heterocycles. The van der Waals surface area contributed by atoms with Crippen molar-refractivity contribution in [2.24, 2.45) is 0 Å². The molecule has 1 aromatic carbocycles. The van der Waals surface area contributed by atoms with Crippen LogP contribution in [-0.2, 0) is 6.18 Å². The van der Waals surface area contributed by atoms with Crippen molar-refractivity contribution in [2.75, 3.05) is 0 Å². The molecule has 1 aromatic rings. The van der Waals surface area contributed by atoms with Crippen LogP contribution >= 0.6 is 0 Å². The fraction of sp³-hybridized carbons (Fsp3) is 0.200. The van der Waals surface area contributed by atoms with Crippen LogP contribution in [0.1, 0.15) is 17.2 Å². The SMILES string of the molecule is FC(F)(F)c1cccc(C2C=CNN2)c1. The smallest absolute Gasteiger partial charge is 0.328 e.